The SMILES string of the molecule is COc1nsc(-c2ccccc2)c1C(=O)N[C@@H]1C(=O)N2[C@@H]1SC(C)(C)[C@@H]2C(=O)O. The Morgan fingerprint density at radius 3 is 2.59 bits per heavy atom. The number of amides is 2. The van der Waals surface area contributed by atoms with Gasteiger partial charge < -0.3 is 20.1 Å². The average Bonchev–Trinajstić information content (AvgIpc) is 3.23. The maximum Gasteiger partial charge on any atom is 0.327 e. The lowest BCUT2D eigenvalue weighted by Gasteiger charge is -2.43. The number of hydrogen-bond acceptors (Lipinski definition) is 7. The summed E-state index contributed by atoms with van der Waals surface area (Å²) in [7, 11) is 1.43. The first-order valence-corrected chi connectivity index (χ1v) is 10.5. The van der Waals surface area contributed by atoms with Crippen molar-refractivity contribution in [3.05, 3.63) is 35.9 Å². The van der Waals surface area contributed by atoms with Crippen LogP contribution >= 0.6 is 23.3 Å². The number of thioether (sulfide) groups is 1. The zero-order valence-electron chi connectivity index (χ0n) is 15.9. The number of hydrogen-bond donors (Lipinski definition) is 2. The van der Waals surface area contributed by atoms with Crippen LogP contribution in [-0.4, -0.2) is 61.5 Å². The van der Waals surface area contributed by atoms with E-state index in [1.54, 1.807) is 13.8 Å². The first-order valence-electron chi connectivity index (χ1n) is 8.89. The van der Waals surface area contributed by atoms with Crippen molar-refractivity contribution in [3.8, 4) is 16.3 Å². The largest absolute Gasteiger partial charge is 0.480 e. The van der Waals surface area contributed by atoms with E-state index in [0.29, 0.717) is 4.88 Å². The number of methoxy groups -OCH3 is 1. The van der Waals surface area contributed by atoms with E-state index < -0.39 is 40.0 Å². The Balaban J connectivity index is 1.60. The number of carboxylic acid groups (broad SMARTS) is 1. The van der Waals surface area contributed by atoms with Crippen LogP contribution in [0.3, 0.4) is 0 Å². The van der Waals surface area contributed by atoms with E-state index in [9.17, 15) is 19.5 Å². The molecule has 3 atom stereocenters. The fourth-order valence-corrected chi connectivity index (χ4v) is 6.24. The van der Waals surface area contributed by atoms with Crippen LogP contribution in [-0.2, 0) is 9.59 Å². The topological polar surface area (TPSA) is 109 Å². The normalized spacial score (nSPS) is 24.6. The van der Waals surface area contributed by atoms with Gasteiger partial charge in [0.25, 0.3) is 5.91 Å². The molecule has 2 amide bonds. The number of carboxylic acids is 1. The van der Waals surface area contributed by atoms with Gasteiger partial charge in [0.05, 0.1) is 12.0 Å². The lowest BCUT2D eigenvalue weighted by atomic mass is 9.96. The molecule has 0 saturated carbocycles. The van der Waals surface area contributed by atoms with Crippen molar-refractivity contribution in [2.75, 3.05) is 7.11 Å². The summed E-state index contributed by atoms with van der Waals surface area (Å²) in [4.78, 5) is 39.4. The summed E-state index contributed by atoms with van der Waals surface area (Å²) in [6.45, 7) is 3.58. The van der Waals surface area contributed by atoms with E-state index in [-0.39, 0.29) is 11.4 Å². The molecule has 4 rings (SSSR count). The van der Waals surface area contributed by atoms with E-state index in [1.165, 1.54) is 23.8 Å². The third kappa shape index (κ3) is 3.06. The van der Waals surface area contributed by atoms with Crippen LogP contribution in [0.4, 0.5) is 0 Å². The number of β-lactam (4-membered cyclic amide) rings is 1. The van der Waals surface area contributed by atoms with Crippen LogP contribution in [0.15, 0.2) is 30.3 Å². The molecule has 1 aromatic carbocycles. The minimum absolute atomic E-state index is 0.192. The van der Waals surface area contributed by atoms with E-state index in [1.807, 2.05) is 30.3 Å². The molecule has 0 aliphatic carbocycles. The molecule has 0 spiro atoms. The van der Waals surface area contributed by atoms with Gasteiger partial charge in [0, 0.05) is 4.75 Å². The summed E-state index contributed by atoms with van der Waals surface area (Å²) >= 11 is 2.53. The van der Waals surface area contributed by atoms with Gasteiger partial charge in [-0.2, -0.15) is 4.37 Å². The summed E-state index contributed by atoms with van der Waals surface area (Å²) in [6.07, 6.45) is 0. The van der Waals surface area contributed by atoms with Crippen LogP contribution in [0.5, 0.6) is 5.88 Å². The monoisotopic (exact) mass is 433 g/mol. The summed E-state index contributed by atoms with van der Waals surface area (Å²) in [5.74, 6) is -1.71. The fourth-order valence-electron chi connectivity index (χ4n) is 3.76. The second kappa shape index (κ2) is 7.03. The van der Waals surface area contributed by atoms with Gasteiger partial charge >= 0.3 is 5.97 Å². The van der Waals surface area contributed by atoms with Crippen LogP contribution in [0.2, 0.25) is 0 Å². The maximum atomic E-state index is 13.1. The lowest BCUT2D eigenvalue weighted by Crippen LogP contribution is -2.70. The number of carbonyl (C=O) groups is 3. The van der Waals surface area contributed by atoms with Gasteiger partial charge in [0.2, 0.25) is 11.8 Å². The van der Waals surface area contributed by atoms with Gasteiger partial charge in [-0.1, -0.05) is 30.3 Å². The van der Waals surface area contributed by atoms with Crippen molar-refractivity contribution >= 4 is 41.1 Å². The first kappa shape index (κ1) is 19.7. The predicted octanol–water partition coefficient (Wildman–Crippen LogP) is 2.06. The first-order chi connectivity index (χ1) is 13.8. The molecule has 0 radical (unpaired) electrons. The van der Waals surface area contributed by atoms with Crippen molar-refractivity contribution in [1.82, 2.24) is 14.6 Å². The minimum Gasteiger partial charge on any atom is -0.480 e. The molecule has 1 aromatic heterocycles. The number of nitrogens with zero attached hydrogens (tertiary/aromatic N) is 2. The smallest absolute Gasteiger partial charge is 0.327 e. The standard InChI is InChI=1S/C19H19N3O5S2/c1-19(2)13(18(25)26)22-16(24)11(17(22)28-19)20-14(23)10-12(29-21-15(10)27-3)9-7-5-4-6-8-9/h4-8,11,13,17H,1-3H3,(H,20,23)(H,25,26)/t11-,13+,17-/m1/s1. The average molecular weight is 434 g/mol. The molecule has 152 valence electrons. The fraction of sp³-hybridized carbons (Fsp3) is 0.368. The molecular weight excluding hydrogens is 414 g/mol. The van der Waals surface area contributed by atoms with E-state index in [0.717, 1.165) is 17.1 Å². The van der Waals surface area contributed by atoms with Gasteiger partial charge in [0.1, 0.15) is 23.0 Å². The molecule has 2 aromatic rings. The summed E-state index contributed by atoms with van der Waals surface area (Å²) < 4.78 is 8.81. The molecule has 2 N–H and O–H groups in total. The molecule has 29 heavy (non-hydrogen) atoms. The number of carbonyl (C=O) groups excluding carboxylic acids is 2. The third-order valence-electron chi connectivity index (χ3n) is 5.08. The van der Waals surface area contributed by atoms with Crippen molar-refractivity contribution in [3.63, 3.8) is 0 Å². The highest BCUT2D eigenvalue weighted by molar-refractivity contribution is 8.01. The van der Waals surface area contributed by atoms with Crippen molar-refractivity contribution < 1.29 is 24.2 Å². The third-order valence-corrected chi connectivity index (χ3v) is 7.53. The number of rotatable bonds is 5. The molecule has 0 bridgehead atoms. The molecule has 2 fully saturated rings. The lowest BCUT2D eigenvalue weighted by molar-refractivity contribution is -0.159. The zero-order valence-corrected chi connectivity index (χ0v) is 17.5. The van der Waals surface area contributed by atoms with E-state index in [4.69, 9.17) is 4.74 Å². The summed E-state index contributed by atoms with van der Waals surface area (Å²) in [5.41, 5.74) is 1.09. The number of fused-ring (bicyclic) bond motifs is 1. The Labute approximate surface area is 175 Å². The highest BCUT2D eigenvalue weighted by atomic mass is 32.2. The van der Waals surface area contributed by atoms with Gasteiger partial charge in [-0.3, -0.25) is 9.59 Å². The molecular formula is C19H19N3O5S2. The second-order valence-corrected chi connectivity index (χ2v) is 9.86. The zero-order chi connectivity index (χ0) is 20.9. The molecule has 2 aliphatic rings. The molecule has 3 heterocycles. The molecule has 10 heteroatoms. The predicted molar refractivity (Wildman–Crippen MR) is 109 cm³/mol. The Morgan fingerprint density at radius 1 is 1.28 bits per heavy atom. The molecule has 2 aliphatic heterocycles. The molecule has 0 unspecified atom stereocenters. The maximum absolute atomic E-state index is 13.1. The van der Waals surface area contributed by atoms with Crippen LogP contribution in [0, 0.1) is 0 Å². The van der Waals surface area contributed by atoms with E-state index in [2.05, 4.69) is 9.69 Å². The van der Waals surface area contributed by atoms with Crippen LogP contribution in [0.25, 0.3) is 10.4 Å². The Morgan fingerprint density at radius 2 is 1.97 bits per heavy atom. The van der Waals surface area contributed by atoms with E-state index >= 15 is 0 Å². The van der Waals surface area contributed by atoms with Gasteiger partial charge in [-0.25, -0.2) is 4.79 Å². The number of benzene rings is 1. The van der Waals surface area contributed by atoms with Crippen molar-refractivity contribution in [1.29, 1.82) is 0 Å². The summed E-state index contributed by atoms with van der Waals surface area (Å²) in [6, 6.07) is 7.63. The highest BCUT2D eigenvalue weighted by Crippen LogP contribution is 2.51. The van der Waals surface area contributed by atoms with Gasteiger partial charge in [-0.15, -0.1) is 11.8 Å². The van der Waals surface area contributed by atoms with Gasteiger partial charge in [-0.05, 0) is 30.9 Å². The molecule has 2 saturated heterocycles. The Kier molecular flexibility index (Phi) is 4.78. The van der Waals surface area contributed by atoms with Crippen molar-refractivity contribution in [2.24, 2.45) is 0 Å². The Bertz CT molecular complexity index is 991. The number of aliphatic carboxylic acids is 1. The van der Waals surface area contributed by atoms with Gasteiger partial charge in [0.15, 0.2) is 0 Å². The number of aromatic nitrogens is 1. The number of ether oxygens (including phenoxy) is 1. The minimum atomic E-state index is -1.04. The quantitative estimate of drug-likeness (QED) is 0.695. The second-order valence-electron chi connectivity index (χ2n) is 7.31. The summed E-state index contributed by atoms with van der Waals surface area (Å²) in [5, 5.41) is 11.9. The highest BCUT2D eigenvalue weighted by Gasteiger charge is 2.64. The Hall–Kier alpha value is -2.59. The number of nitrogens with one attached hydrogen (secondary N) is 1. The van der Waals surface area contributed by atoms with Crippen LogP contribution in [0.1, 0.15) is 24.2 Å². The molecule has 8 nitrogen and oxygen atoms in total. The van der Waals surface area contributed by atoms with Crippen molar-refractivity contribution in [2.45, 2.75) is 36.1 Å². The van der Waals surface area contributed by atoms with Crippen LogP contribution < -0.4 is 10.1 Å².